The maximum atomic E-state index is 5.59. The lowest BCUT2D eigenvalue weighted by atomic mass is 10.1. The van der Waals surface area contributed by atoms with Crippen LogP contribution in [0.2, 0.25) is 0 Å². The second-order valence-electron chi connectivity index (χ2n) is 6.22. The molecule has 0 radical (unpaired) electrons. The number of hydrogen-bond acceptors (Lipinski definition) is 3. The summed E-state index contributed by atoms with van der Waals surface area (Å²) in [5.41, 5.74) is 3.86. The first-order valence-electron chi connectivity index (χ1n) is 8.48. The zero-order valence-electron chi connectivity index (χ0n) is 13.9. The molecule has 1 fully saturated rings. The average Bonchev–Trinajstić information content (AvgIpc) is 3.10. The molecule has 122 valence electrons. The number of methoxy groups -OCH3 is 1. The maximum absolute atomic E-state index is 5.59. The van der Waals surface area contributed by atoms with Crippen LogP contribution in [0.4, 0.5) is 0 Å². The molecule has 2 aromatic rings. The van der Waals surface area contributed by atoms with Crippen molar-refractivity contribution < 1.29 is 4.74 Å². The summed E-state index contributed by atoms with van der Waals surface area (Å²) < 4.78 is 5.59. The van der Waals surface area contributed by atoms with Crippen LogP contribution in [-0.2, 0) is 19.6 Å². The third-order valence-corrected chi connectivity index (χ3v) is 4.44. The van der Waals surface area contributed by atoms with Gasteiger partial charge in [0.25, 0.3) is 0 Å². The van der Waals surface area contributed by atoms with Crippen LogP contribution in [0.15, 0.2) is 48.5 Å². The second kappa shape index (κ2) is 8.14. The van der Waals surface area contributed by atoms with E-state index in [1.165, 1.54) is 42.6 Å². The zero-order valence-corrected chi connectivity index (χ0v) is 13.9. The predicted molar refractivity (Wildman–Crippen MR) is 94.5 cm³/mol. The Morgan fingerprint density at radius 3 is 2.48 bits per heavy atom. The summed E-state index contributed by atoms with van der Waals surface area (Å²) in [6, 6.07) is 17.1. The zero-order chi connectivity index (χ0) is 15.9. The minimum absolute atomic E-state index is 0.821. The van der Waals surface area contributed by atoms with Crippen molar-refractivity contribution in [3.05, 3.63) is 65.2 Å². The molecule has 3 heteroatoms. The fourth-order valence-corrected chi connectivity index (χ4v) is 3.17. The van der Waals surface area contributed by atoms with Crippen molar-refractivity contribution in [3.8, 4) is 5.75 Å². The molecule has 0 unspecified atom stereocenters. The van der Waals surface area contributed by atoms with Crippen LogP contribution in [-0.4, -0.2) is 25.1 Å². The normalized spacial score (nSPS) is 15.0. The lowest BCUT2D eigenvalue weighted by Crippen LogP contribution is -2.18. The molecule has 2 aromatic carbocycles. The smallest absolute Gasteiger partial charge is 0.123 e. The molecule has 1 aliphatic heterocycles. The molecule has 0 aliphatic carbocycles. The minimum Gasteiger partial charge on any atom is -0.496 e. The van der Waals surface area contributed by atoms with Crippen molar-refractivity contribution in [1.82, 2.24) is 10.2 Å². The first kappa shape index (κ1) is 16.0. The van der Waals surface area contributed by atoms with Crippen LogP contribution in [0.3, 0.4) is 0 Å². The van der Waals surface area contributed by atoms with Gasteiger partial charge in [0.2, 0.25) is 0 Å². The molecule has 3 rings (SSSR count). The van der Waals surface area contributed by atoms with Gasteiger partial charge in [-0.25, -0.2) is 0 Å². The molecule has 0 atom stereocenters. The van der Waals surface area contributed by atoms with E-state index >= 15 is 0 Å². The van der Waals surface area contributed by atoms with Gasteiger partial charge in [-0.1, -0.05) is 42.5 Å². The van der Waals surface area contributed by atoms with E-state index in [1.807, 2.05) is 6.07 Å². The number of nitrogens with one attached hydrogen (secondary N) is 1. The van der Waals surface area contributed by atoms with Gasteiger partial charge in [0.15, 0.2) is 0 Å². The molecular weight excluding hydrogens is 284 g/mol. The number of nitrogens with zero attached hydrogens (tertiary/aromatic N) is 1. The van der Waals surface area contributed by atoms with Crippen molar-refractivity contribution in [2.75, 3.05) is 20.2 Å². The third kappa shape index (κ3) is 4.57. The van der Waals surface area contributed by atoms with Crippen molar-refractivity contribution in [2.45, 2.75) is 32.5 Å². The van der Waals surface area contributed by atoms with Gasteiger partial charge >= 0.3 is 0 Å². The summed E-state index contributed by atoms with van der Waals surface area (Å²) in [5, 5.41) is 3.49. The highest BCUT2D eigenvalue weighted by molar-refractivity contribution is 5.37. The van der Waals surface area contributed by atoms with Crippen LogP contribution in [0.1, 0.15) is 29.5 Å². The Balaban J connectivity index is 1.58. The summed E-state index contributed by atoms with van der Waals surface area (Å²) in [6.07, 6.45) is 2.66. The highest BCUT2D eigenvalue weighted by atomic mass is 16.5. The van der Waals surface area contributed by atoms with Gasteiger partial charge in [-0.2, -0.15) is 0 Å². The fourth-order valence-electron chi connectivity index (χ4n) is 3.17. The third-order valence-electron chi connectivity index (χ3n) is 4.44. The molecule has 23 heavy (non-hydrogen) atoms. The van der Waals surface area contributed by atoms with Crippen LogP contribution in [0.5, 0.6) is 5.75 Å². The van der Waals surface area contributed by atoms with E-state index in [9.17, 15) is 0 Å². The summed E-state index contributed by atoms with van der Waals surface area (Å²) in [6.45, 7) is 5.18. The highest BCUT2D eigenvalue weighted by Gasteiger charge is 2.13. The number of hydrogen-bond donors (Lipinski definition) is 1. The van der Waals surface area contributed by atoms with E-state index < -0.39 is 0 Å². The maximum Gasteiger partial charge on any atom is 0.123 e. The molecule has 0 spiro atoms. The Kier molecular flexibility index (Phi) is 5.67. The molecule has 1 aliphatic rings. The van der Waals surface area contributed by atoms with Gasteiger partial charge in [-0.05, 0) is 43.1 Å². The first-order valence-corrected chi connectivity index (χ1v) is 8.48. The summed E-state index contributed by atoms with van der Waals surface area (Å²) in [4.78, 5) is 2.52. The second-order valence-corrected chi connectivity index (χ2v) is 6.22. The Hall–Kier alpha value is -1.84. The standard InChI is InChI=1S/C20H26N2O/c1-23-20-13-18(16-22-11-5-6-12-22)9-10-19(20)15-21-14-17-7-3-2-4-8-17/h2-4,7-10,13,21H,5-6,11-12,14-16H2,1H3. The summed E-state index contributed by atoms with van der Waals surface area (Å²) in [7, 11) is 1.76. The number of ether oxygens (including phenoxy) is 1. The van der Waals surface area contributed by atoms with Gasteiger partial charge in [-0.3, -0.25) is 4.90 Å². The Morgan fingerprint density at radius 2 is 1.74 bits per heavy atom. The van der Waals surface area contributed by atoms with Crippen molar-refractivity contribution in [1.29, 1.82) is 0 Å². The minimum atomic E-state index is 0.821. The van der Waals surface area contributed by atoms with E-state index in [1.54, 1.807) is 7.11 Å². The van der Waals surface area contributed by atoms with Gasteiger partial charge in [0.05, 0.1) is 7.11 Å². The van der Waals surface area contributed by atoms with E-state index in [4.69, 9.17) is 4.74 Å². The lowest BCUT2D eigenvalue weighted by Gasteiger charge is -2.16. The molecule has 0 amide bonds. The molecule has 3 nitrogen and oxygen atoms in total. The molecular formula is C20H26N2O. The quantitative estimate of drug-likeness (QED) is 0.846. The van der Waals surface area contributed by atoms with Crippen LogP contribution in [0, 0.1) is 0 Å². The fraction of sp³-hybridized carbons (Fsp3) is 0.400. The van der Waals surface area contributed by atoms with Gasteiger partial charge in [0.1, 0.15) is 5.75 Å². The van der Waals surface area contributed by atoms with Crippen molar-refractivity contribution >= 4 is 0 Å². The van der Waals surface area contributed by atoms with Gasteiger partial charge < -0.3 is 10.1 Å². The molecule has 0 saturated carbocycles. The Bertz CT molecular complexity index is 606. The predicted octanol–water partition coefficient (Wildman–Crippen LogP) is 3.58. The number of likely N-dealkylation sites (tertiary alicyclic amines) is 1. The number of rotatable bonds is 7. The topological polar surface area (TPSA) is 24.5 Å². The highest BCUT2D eigenvalue weighted by Crippen LogP contribution is 2.22. The van der Waals surface area contributed by atoms with Gasteiger partial charge in [0, 0.05) is 25.2 Å². The van der Waals surface area contributed by atoms with E-state index in [-0.39, 0.29) is 0 Å². The summed E-state index contributed by atoms with van der Waals surface area (Å²) >= 11 is 0. The van der Waals surface area contributed by atoms with Crippen molar-refractivity contribution in [2.24, 2.45) is 0 Å². The van der Waals surface area contributed by atoms with Crippen LogP contribution in [0.25, 0.3) is 0 Å². The molecule has 1 heterocycles. The lowest BCUT2D eigenvalue weighted by molar-refractivity contribution is 0.330. The SMILES string of the molecule is COc1cc(CN2CCCC2)ccc1CNCc1ccccc1. The van der Waals surface area contributed by atoms with Gasteiger partial charge in [-0.15, -0.1) is 0 Å². The van der Waals surface area contributed by atoms with E-state index in [2.05, 4.69) is 52.7 Å². The van der Waals surface area contributed by atoms with E-state index in [0.717, 1.165) is 25.4 Å². The van der Waals surface area contributed by atoms with Crippen molar-refractivity contribution in [3.63, 3.8) is 0 Å². The monoisotopic (exact) mass is 310 g/mol. The van der Waals surface area contributed by atoms with Crippen LogP contribution < -0.4 is 10.1 Å². The summed E-state index contributed by atoms with van der Waals surface area (Å²) in [5.74, 6) is 0.988. The molecule has 0 aromatic heterocycles. The average molecular weight is 310 g/mol. The Labute approximate surface area is 139 Å². The number of benzene rings is 2. The first-order chi connectivity index (χ1) is 11.3. The van der Waals surface area contributed by atoms with E-state index in [0.29, 0.717) is 0 Å². The Morgan fingerprint density at radius 1 is 0.957 bits per heavy atom. The molecule has 0 bridgehead atoms. The largest absolute Gasteiger partial charge is 0.496 e. The van der Waals surface area contributed by atoms with Crippen LogP contribution >= 0.6 is 0 Å². The molecule has 1 N–H and O–H groups in total. The molecule has 1 saturated heterocycles.